The van der Waals surface area contributed by atoms with Gasteiger partial charge < -0.3 is 9.32 Å². The van der Waals surface area contributed by atoms with Gasteiger partial charge in [-0.15, -0.1) is 11.3 Å². The normalized spacial score (nSPS) is 15.3. The molecule has 8 heteroatoms. The Balaban J connectivity index is 1.35. The maximum atomic E-state index is 13.5. The number of amides is 1. The van der Waals surface area contributed by atoms with Crippen LogP contribution in [0.3, 0.4) is 0 Å². The maximum Gasteiger partial charge on any atom is 0.255 e. The minimum Gasteiger partial charge on any atom is -0.462 e. The van der Waals surface area contributed by atoms with Crippen LogP contribution in [0.15, 0.2) is 50.9 Å². The molecule has 2 aromatic heterocycles. The number of piperazine rings is 1. The zero-order valence-electron chi connectivity index (χ0n) is 14.4. The van der Waals surface area contributed by atoms with Gasteiger partial charge in [0.1, 0.15) is 5.82 Å². The van der Waals surface area contributed by atoms with Gasteiger partial charge in [0.25, 0.3) is 5.91 Å². The second-order valence-electron chi connectivity index (χ2n) is 6.31. The van der Waals surface area contributed by atoms with E-state index < -0.39 is 5.82 Å². The van der Waals surface area contributed by atoms with Crippen LogP contribution in [0.1, 0.15) is 16.1 Å². The molecule has 1 fully saturated rings. The molecule has 0 saturated carbocycles. The summed E-state index contributed by atoms with van der Waals surface area (Å²) in [6.45, 7) is 3.47. The molecule has 1 amide bonds. The molecule has 0 spiro atoms. The summed E-state index contributed by atoms with van der Waals surface area (Å²) in [5, 5.41) is 2.92. The number of thiazole rings is 1. The summed E-state index contributed by atoms with van der Waals surface area (Å²) in [7, 11) is 0. The van der Waals surface area contributed by atoms with Gasteiger partial charge in [0.2, 0.25) is 0 Å². The largest absolute Gasteiger partial charge is 0.462 e. The van der Waals surface area contributed by atoms with Gasteiger partial charge in [0.15, 0.2) is 10.8 Å². The molecule has 0 atom stereocenters. The number of carbonyl (C=O) groups excluding carboxylic acids is 1. The van der Waals surface area contributed by atoms with E-state index in [2.05, 4.69) is 25.8 Å². The lowest BCUT2D eigenvalue weighted by atomic mass is 10.1. The van der Waals surface area contributed by atoms with Crippen LogP contribution in [0.5, 0.6) is 0 Å². The molecular weight excluding hydrogens is 433 g/mol. The van der Waals surface area contributed by atoms with Gasteiger partial charge >= 0.3 is 0 Å². The number of benzene rings is 1. The average Bonchev–Trinajstić information content (AvgIpc) is 3.35. The number of hydrogen-bond acceptors (Lipinski definition) is 5. The first kappa shape index (κ1) is 18.3. The number of nitrogens with zero attached hydrogens (tertiary/aromatic N) is 3. The van der Waals surface area contributed by atoms with Gasteiger partial charge in [-0.25, -0.2) is 9.37 Å². The van der Waals surface area contributed by atoms with Crippen LogP contribution in [0.25, 0.3) is 10.8 Å². The van der Waals surface area contributed by atoms with Crippen molar-refractivity contribution in [3.05, 3.63) is 63.5 Å². The van der Waals surface area contributed by atoms with Gasteiger partial charge in [0.05, 0.1) is 17.5 Å². The predicted molar refractivity (Wildman–Crippen MR) is 105 cm³/mol. The van der Waals surface area contributed by atoms with Crippen molar-refractivity contribution in [3.63, 3.8) is 0 Å². The minimum absolute atomic E-state index is 0.144. The number of carbonyl (C=O) groups is 1. The molecule has 1 aliphatic rings. The summed E-state index contributed by atoms with van der Waals surface area (Å²) in [4.78, 5) is 21.3. The van der Waals surface area contributed by atoms with Crippen LogP contribution >= 0.6 is 27.3 Å². The first-order valence-electron chi connectivity index (χ1n) is 8.55. The van der Waals surface area contributed by atoms with Crippen molar-refractivity contribution in [1.29, 1.82) is 0 Å². The maximum absolute atomic E-state index is 13.5. The topological polar surface area (TPSA) is 49.6 Å². The molecule has 1 saturated heterocycles. The molecule has 3 heterocycles. The Labute approximate surface area is 168 Å². The van der Waals surface area contributed by atoms with Crippen LogP contribution in [0.4, 0.5) is 4.39 Å². The summed E-state index contributed by atoms with van der Waals surface area (Å²) >= 11 is 4.90. The Morgan fingerprint density at radius 2 is 2.07 bits per heavy atom. The molecule has 27 heavy (non-hydrogen) atoms. The second kappa shape index (κ2) is 7.92. The molecule has 5 nitrogen and oxygen atoms in total. The van der Waals surface area contributed by atoms with Crippen molar-refractivity contribution in [1.82, 2.24) is 14.8 Å². The first-order valence-corrected chi connectivity index (χ1v) is 10.2. The summed E-state index contributed by atoms with van der Waals surface area (Å²) in [5.74, 6) is 0.230. The van der Waals surface area contributed by atoms with Crippen molar-refractivity contribution >= 4 is 33.2 Å². The summed E-state index contributed by atoms with van der Waals surface area (Å²) in [6.07, 6.45) is 1.64. The Morgan fingerprint density at radius 1 is 1.26 bits per heavy atom. The lowest BCUT2D eigenvalue weighted by Crippen LogP contribution is -2.48. The standard InChI is InChI=1S/C19H17BrFN3O2S/c20-16-4-3-13(21)10-15(16)19(25)24-7-5-23(6-8-24)11-14-12-27-18(22-14)17-2-1-9-26-17/h1-4,9-10,12H,5-8,11H2. The van der Waals surface area contributed by atoms with Gasteiger partial charge in [-0.2, -0.15) is 0 Å². The highest BCUT2D eigenvalue weighted by atomic mass is 79.9. The van der Waals surface area contributed by atoms with Crippen LogP contribution in [-0.2, 0) is 6.54 Å². The van der Waals surface area contributed by atoms with E-state index >= 15 is 0 Å². The number of halogens is 2. The van der Waals surface area contributed by atoms with Crippen molar-refractivity contribution in [2.75, 3.05) is 26.2 Å². The highest BCUT2D eigenvalue weighted by Gasteiger charge is 2.24. The van der Waals surface area contributed by atoms with E-state index in [1.807, 2.05) is 17.5 Å². The van der Waals surface area contributed by atoms with Crippen LogP contribution in [-0.4, -0.2) is 46.9 Å². The van der Waals surface area contributed by atoms with E-state index in [1.165, 1.54) is 12.1 Å². The van der Waals surface area contributed by atoms with Crippen molar-refractivity contribution < 1.29 is 13.6 Å². The van der Waals surface area contributed by atoms with Gasteiger partial charge in [-0.1, -0.05) is 0 Å². The van der Waals surface area contributed by atoms with E-state index in [9.17, 15) is 9.18 Å². The Kier molecular flexibility index (Phi) is 5.38. The summed E-state index contributed by atoms with van der Waals surface area (Å²) in [5.41, 5.74) is 1.37. The van der Waals surface area contributed by atoms with Crippen molar-refractivity contribution in [2.45, 2.75) is 6.54 Å². The van der Waals surface area contributed by atoms with E-state index in [0.717, 1.165) is 36.1 Å². The molecule has 0 aliphatic carbocycles. The minimum atomic E-state index is -0.406. The average molecular weight is 450 g/mol. The Hall–Kier alpha value is -2.03. The molecule has 1 aliphatic heterocycles. The monoisotopic (exact) mass is 449 g/mol. The fourth-order valence-electron chi connectivity index (χ4n) is 3.06. The molecular formula is C19H17BrFN3O2S. The fourth-order valence-corrected chi connectivity index (χ4v) is 4.26. The highest BCUT2D eigenvalue weighted by Crippen LogP contribution is 2.25. The highest BCUT2D eigenvalue weighted by molar-refractivity contribution is 9.10. The lowest BCUT2D eigenvalue weighted by Gasteiger charge is -2.34. The third kappa shape index (κ3) is 4.12. The molecule has 0 bridgehead atoms. The van der Waals surface area contributed by atoms with Gasteiger partial charge in [-0.3, -0.25) is 9.69 Å². The molecule has 0 radical (unpaired) electrons. The smallest absolute Gasteiger partial charge is 0.255 e. The van der Waals surface area contributed by atoms with E-state index in [-0.39, 0.29) is 5.91 Å². The SMILES string of the molecule is O=C(c1cc(F)ccc1Br)N1CCN(Cc2csc(-c3ccco3)n2)CC1. The Morgan fingerprint density at radius 3 is 2.81 bits per heavy atom. The summed E-state index contributed by atoms with van der Waals surface area (Å²) in [6, 6.07) is 7.94. The number of furan rings is 1. The summed E-state index contributed by atoms with van der Waals surface area (Å²) < 4.78 is 19.5. The number of aromatic nitrogens is 1. The van der Waals surface area contributed by atoms with Crippen LogP contribution in [0.2, 0.25) is 0 Å². The predicted octanol–water partition coefficient (Wildman–Crippen LogP) is 4.26. The molecule has 140 valence electrons. The fraction of sp³-hybridized carbons (Fsp3) is 0.263. The van der Waals surface area contributed by atoms with Crippen molar-refractivity contribution in [2.24, 2.45) is 0 Å². The quantitative estimate of drug-likeness (QED) is 0.596. The molecule has 4 rings (SSSR count). The molecule has 0 N–H and O–H groups in total. The lowest BCUT2D eigenvalue weighted by molar-refractivity contribution is 0.0626. The molecule has 0 unspecified atom stereocenters. The third-order valence-corrected chi connectivity index (χ3v) is 6.08. The first-order chi connectivity index (χ1) is 13.1. The van der Waals surface area contributed by atoms with Gasteiger partial charge in [0, 0.05) is 42.6 Å². The van der Waals surface area contributed by atoms with E-state index in [1.54, 1.807) is 28.6 Å². The second-order valence-corrected chi connectivity index (χ2v) is 8.03. The zero-order valence-corrected chi connectivity index (χ0v) is 16.8. The number of rotatable bonds is 4. The zero-order chi connectivity index (χ0) is 18.8. The van der Waals surface area contributed by atoms with Crippen LogP contribution in [0, 0.1) is 5.82 Å². The van der Waals surface area contributed by atoms with E-state index in [4.69, 9.17) is 4.42 Å². The van der Waals surface area contributed by atoms with Crippen molar-refractivity contribution in [3.8, 4) is 10.8 Å². The number of hydrogen-bond donors (Lipinski definition) is 0. The van der Waals surface area contributed by atoms with Gasteiger partial charge in [-0.05, 0) is 46.3 Å². The Bertz CT molecular complexity index is 936. The third-order valence-electron chi connectivity index (χ3n) is 4.49. The van der Waals surface area contributed by atoms with Crippen LogP contribution < -0.4 is 0 Å². The molecule has 3 aromatic rings. The molecule has 1 aromatic carbocycles. The van der Waals surface area contributed by atoms with E-state index in [0.29, 0.717) is 23.1 Å².